The van der Waals surface area contributed by atoms with Crippen LogP contribution in [0.1, 0.15) is 54.0 Å². The van der Waals surface area contributed by atoms with Crippen molar-refractivity contribution in [1.29, 1.82) is 0 Å². The van der Waals surface area contributed by atoms with Gasteiger partial charge in [0.15, 0.2) is 11.8 Å². The van der Waals surface area contributed by atoms with Crippen LogP contribution in [-0.2, 0) is 20.0 Å². The predicted molar refractivity (Wildman–Crippen MR) is 108 cm³/mol. The van der Waals surface area contributed by atoms with Gasteiger partial charge in [-0.25, -0.2) is 4.99 Å². The second-order valence-corrected chi connectivity index (χ2v) is 8.65. The SMILES string of the molecule is Cc1ccc(CC(C)NC(=NCc2nnc(C)n2C)NC2CCCC2)s1. The molecular weight excluding hydrogens is 344 g/mol. The Hall–Kier alpha value is -1.89. The van der Waals surface area contributed by atoms with Gasteiger partial charge in [-0.15, -0.1) is 21.5 Å². The molecule has 142 valence electrons. The van der Waals surface area contributed by atoms with E-state index in [1.165, 1.54) is 35.4 Å². The lowest BCUT2D eigenvalue weighted by Crippen LogP contribution is -2.46. The molecule has 1 aliphatic carbocycles. The molecule has 1 atom stereocenters. The first-order valence-electron chi connectivity index (χ1n) is 9.49. The average molecular weight is 375 g/mol. The Balaban J connectivity index is 1.65. The van der Waals surface area contributed by atoms with Crippen LogP contribution in [0.4, 0.5) is 0 Å². The van der Waals surface area contributed by atoms with Crippen LogP contribution in [0.5, 0.6) is 0 Å². The fraction of sp³-hybridized carbons (Fsp3) is 0.632. The van der Waals surface area contributed by atoms with Crippen LogP contribution >= 0.6 is 11.3 Å². The maximum absolute atomic E-state index is 4.79. The third kappa shape index (κ3) is 5.06. The summed E-state index contributed by atoms with van der Waals surface area (Å²) in [6, 6.07) is 5.26. The van der Waals surface area contributed by atoms with E-state index in [1.54, 1.807) is 0 Å². The summed E-state index contributed by atoms with van der Waals surface area (Å²) < 4.78 is 1.99. The molecule has 0 saturated heterocycles. The number of nitrogens with one attached hydrogen (secondary N) is 2. The van der Waals surface area contributed by atoms with E-state index in [1.807, 2.05) is 29.9 Å². The third-order valence-electron chi connectivity index (χ3n) is 4.94. The minimum absolute atomic E-state index is 0.321. The van der Waals surface area contributed by atoms with Crippen molar-refractivity contribution in [3.8, 4) is 0 Å². The van der Waals surface area contributed by atoms with Gasteiger partial charge in [-0.3, -0.25) is 0 Å². The van der Waals surface area contributed by atoms with Crippen LogP contribution in [0.3, 0.4) is 0 Å². The zero-order valence-corrected chi connectivity index (χ0v) is 17.1. The molecule has 0 bridgehead atoms. The van der Waals surface area contributed by atoms with Gasteiger partial charge in [0.1, 0.15) is 12.4 Å². The van der Waals surface area contributed by atoms with Crippen molar-refractivity contribution in [3.63, 3.8) is 0 Å². The Morgan fingerprint density at radius 1 is 1.31 bits per heavy atom. The van der Waals surface area contributed by atoms with Crippen molar-refractivity contribution in [2.24, 2.45) is 12.0 Å². The molecule has 2 heterocycles. The number of rotatable bonds is 6. The molecule has 1 aliphatic rings. The van der Waals surface area contributed by atoms with Gasteiger partial charge in [0.25, 0.3) is 0 Å². The second-order valence-electron chi connectivity index (χ2n) is 7.27. The summed E-state index contributed by atoms with van der Waals surface area (Å²) in [6.45, 7) is 6.86. The van der Waals surface area contributed by atoms with Crippen LogP contribution in [0.25, 0.3) is 0 Å². The minimum atomic E-state index is 0.321. The van der Waals surface area contributed by atoms with Crippen molar-refractivity contribution in [1.82, 2.24) is 25.4 Å². The van der Waals surface area contributed by atoms with E-state index < -0.39 is 0 Å². The lowest BCUT2D eigenvalue weighted by molar-refractivity contribution is 0.583. The molecule has 26 heavy (non-hydrogen) atoms. The Kier molecular flexibility index (Phi) is 6.29. The molecule has 1 fully saturated rings. The van der Waals surface area contributed by atoms with Gasteiger partial charge < -0.3 is 15.2 Å². The zero-order valence-electron chi connectivity index (χ0n) is 16.2. The molecule has 1 unspecified atom stereocenters. The highest BCUT2D eigenvalue weighted by molar-refractivity contribution is 7.11. The fourth-order valence-electron chi connectivity index (χ4n) is 3.32. The summed E-state index contributed by atoms with van der Waals surface area (Å²) in [6.07, 6.45) is 6.06. The molecule has 0 spiro atoms. The first kappa shape index (κ1) is 18.9. The standard InChI is InChI=1S/C19H30N6S/c1-13(11-17-10-9-14(2)26-17)21-19(22-16-7-5-6-8-16)20-12-18-24-23-15(3)25(18)4/h9-10,13,16H,5-8,11-12H2,1-4H3,(H2,20,21,22). The van der Waals surface area contributed by atoms with Crippen LogP contribution in [0, 0.1) is 13.8 Å². The summed E-state index contributed by atoms with van der Waals surface area (Å²) in [5.74, 6) is 2.68. The number of guanidine groups is 1. The van der Waals surface area contributed by atoms with Crippen molar-refractivity contribution in [2.75, 3.05) is 0 Å². The molecule has 2 aromatic rings. The van der Waals surface area contributed by atoms with Crippen molar-refractivity contribution >= 4 is 17.3 Å². The second kappa shape index (κ2) is 8.66. The van der Waals surface area contributed by atoms with Gasteiger partial charge in [-0.05, 0) is 45.7 Å². The largest absolute Gasteiger partial charge is 0.354 e. The molecule has 0 aromatic carbocycles. The van der Waals surface area contributed by atoms with E-state index in [4.69, 9.17) is 4.99 Å². The Labute approximate surface area is 160 Å². The monoisotopic (exact) mass is 374 g/mol. The molecule has 3 rings (SSSR count). The summed E-state index contributed by atoms with van der Waals surface area (Å²) >= 11 is 1.87. The zero-order chi connectivity index (χ0) is 18.5. The number of aromatic nitrogens is 3. The molecule has 7 heteroatoms. The molecule has 6 nitrogen and oxygen atoms in total. The lowest BCUT2D eigenvalue weighted by Gasteiger charge is -2.21. The Morgan fingerprint density at radius 2 is 2.08 bits per heavy atom. The third-order valence-corrected chi connectivity index (χ3v) is 5.97. The van der Waals surface area contributed by atoms with Crippen LogP contribution in [0.2, 0.25) is 0 Å². The topological polar surface area (TPSA) is 67.1 Å². The van der Waals surface area contributed by atoms with E-state index in [9.17, 15) is 0 Å². The van der Waals surface area contributed by atoms with E-state index >= 15 is 0 Å². The molecule has 0 aliphatic heterocycles. The first-order chi connectivity index (χ1) is 12.5. The highest BCUT2D eigenvalue weighted by Crippen LogP contribution is 2.18. The number of aliphatic imine (C=N–C) groups is 1. The number of nitrogens with zero attached hydrogens (tertiary/aromatic N) is 4. The van der Waals surface area contributed by atoms with E-state index in [0.717, 1.165) is 24.0 Å². The number of hydrogen-bond acceptors (Lipinski definition) is 4. The van der Waals surface area contributed by atoms with Crippen LogP contribution in [-0.4, -0.2) is 32.8 Å². The Morgan fingerprint density at radius 3 is 2.69 bits per heavy atom. The summed E-state index contributed by atoms with van der Waals surface area (Å²) in [5.41, 5.74) is 0. The number of thiophene rings is 1. The molecular formula is C19H30N6S. The predicted octanol–water partition coefficient (Wildman–Crippen LogP) is 3.10. The highest BCUT2D eigenvalue weighted by atomic mass is 32.1. The molecule has 2 aromatic heterocycles. The van der Waals surface area contributed by atoms with E-state index in [-0.39, 0.29) is 0 Å². The molecule has 0 amide bonds. The van der Waals surface area contributed by atoms with Crippen molar-refractivity contribution < 1.29 is 0 Å². The van der Waals surface area contributed by atoms with E-state index in [0.29, 0.717) is 18.6 Å². The minimum Gasteiger partial charge on any atom is -0.354 e. The van der Waals surface area contributed by atoms with Gasteiger partial charge in [-0.1, -0.05) is 12.8 Å². The van der Waals surface area contributed by atoms with Crippen molar-refractivity contribution in [2.45, 2.75) is 71.5 Å². The maximum Gasteiger partial charge on any atom is 0.192 e. The fourth-order valence-corrected chi connectivity index (χ4v) is 4.34. The normalized spacial score (nSPS) is 16.8. The van der Waals surface area contributed by atoms with Crippen LogP contribution in [0.15, 0.2) is 17.1 Å². The molecule has 0 radical (unpaired) electrons. The average Bonchev–Trinajstić information content (AvgIpc) is 3.31. The van der Waals surface area contributed by atoms with Crippen LogP contribution < -0.4 is 10.6 Å². The van der Waals surface area contributed by atoms with E-state index in [2.05, 4.69) is 46.8 Å². The number of hydrogen-bond donors (Lipinski definition) is 2. The van der Waals surface area contributed by atoms with Gasteiger partial charge in [0, 0.05) is 35.3 Å². The summed E-state index contributed by atoms with van der Waals surface area (Å²) in [5, 5.41) is 15.5. The van der Waals surface area contributed by atoms with Crippen molar-refractivity contribution in [3.05, 3.63) is 33.5 Å². The first-order valence-corrected chi connectivity index (χ1v) is 10.3. The number of aryl methyl sites for hydroxylation is 2. The lowest BCUT2D eigenvalue weighted by atomic mass is 10.2. The Bertz CT molecular complexity index is 741. The van der Waals surface area contributed by atoms with Gasteiger partial charge in [0.05, 0.1) is 0 Å². The molecule has 2 N–H and O–H groups in total. The molecule has 1 saturated carbocycles. The quantitative estimate of drug-likeness (QED) is 0.602. The highest BCUT2D eigenvalue weighted by Gasteiger charge is 2.17. The smallest absolute Gasteiger partial charge is 0.192 e. The summed E-state index contributed by atoms with van der Waals surface area (Å²) in [4.78, 5) is 7.57. The van der Waals surface area contributed by atoms with Gasteiger partial charge in [-0.2, -0.15) is 0 Å². The summed E-state index contributed by atoms with van der Waals surface area (Å²) in [7, 11) is 1.99. The van der Waals surface area contributed by atoms with Gasteiger partial charge in [0.2, 0.25) is 0 Å². The maximum atomic E-state index is 4.79. The van der Waals surface area contributed by atoms with Gasteiger partial charge >= 0.3 is 0 Å².